The molecule has 0 aliphatic rings. The zero-order valence-electron chi connectivity index (χ0n) is 9.97. The van der Waals surface area contributed by atoms with Gasteiger partial charge in [-0.25, -0.2) is 0 Å². The van der Waals surface area contributed by atoms with Gasteiger partial charge in [-0.2, -0.15) is 0 Å². The van der Waals surface area contributed by atoms with E-state index in [0.717, 1.165) is 13.0 Å². The summed E-state index contributed by atoms with van der Waals surface area (Å²) in [4.78, 5) is 2.50. The highest BCUT2D eigenvalue weighted by molar-refractivity contribution is 4.57. The molecular weight excluding hydrogens is 174 g/mol. The van der Waals surface area contributed by atoms with E-state index in [1.807, 2.05) is 0 Å². The van der Waals surface area contributed by atoms with Gasteiger partial charge in [0.25, 0.3) is 0 Å². The minimum Gasteiger partial charge on any atom is -0.396 e. The Morgan fingerprint density at radius 3 is 1.93 bits per heavy atom. The van der Waals surface area contributed by atoms with Crippen LogP contribution in [0.25, 0.3) is 0 Å². The van der Waals surface area contributed by atoms with Crippen LogP contribution in [0, 0.1) is 0 Å². The monoisotopic (exact) mass is 201 g/mol. The lowest BCUT2D eigenvalue weighted by Gasteiger charge is -2.21. The predicted molar refractivity (Wildman–Crippen MR) is 62.6 cm³/mol. The summed E-state index contributed by atoms with van der Waals surface area (Å²) in [5.41, 5.74) is 0. The smallest absolute Gasteiger partial charge is 0.0443 e. The van der Waals surface area contributed by atoms with Crippen molar-refractivity contribution in [2.75, 3.05) is 26.2 Å². The average Bonchev–Trinajstić information content (AvgIpc) is 2.21. The van der Waals surface area contributed by atoms with Gasteiger partial charge in [0.05, 0.1) is 0 Å². The van der Waals surface area contributed by atoms with Crippen molar-refractivity contribution >= 4 is 0 Å². The largest absolute Gasteiger partial charge is 0.396 e. The second kappa shape index (κ2) is 11.0. The Hall–Kier alpha value is -0.0800. The van der Waals surface area contributed by atoms with Crippen LogP contribution in [0.4, 0.5) is 0 Å². The van der Waals surface area contributed by atoms with Gasteiger partial charge < -0.3 is 10.0 Å². The van der Waals surface area contributed by atoms with Gasteiger partial charge in [-0.1, -0.05) is 33.1 Å². The molecule has 2 nitrogen and oxygen atoms in total. The maximum absolute atomic E-state index is 8.79. The molecular formula is C12H27NO. The Kier molecular flexibility index (Phi) is 10.9. The van der Waals surface area contributed by atoms with E-state index in [0.29, 0.717) is 6.61 Å². The van der Waals surface area contributed by atoms with Gasteiger partial charge >= 0.3 is 0 Å². The third kappa shape index (κ3) is 8.52. The first-order valence-electron chi connectivity index (χ1n) is 6.18. The van der Waals surface area contributed by atoms with Crippen LogP contribution >= 0.6 is 0 Å². The van der Waals surface area contributed by atoms with Crippen LogP contribution in [0.15, 0.2) is 0 Å². The Balaban J connectivity index is 3.49. The lowest BCUT2D eigenvalue weighted by molar-refractivity contribution is 0.219. The molecule has 2 heteroatoms. The van der Waals surface area contributed by atoms with Crippen molar-refractivity contribution in [1.82, 2.24) is 4.90 Å². The van der Waals surface area contributed by atoms with Gasteiger partial charge in [0.1, 0.15) is 0 Å². The SMILES string of the molecule is CCCCCN(CCCC)CCCO. The first-order valence-corrected chi connectivity index (χ1v) is 6.18. The summed E-state index contributed by atoms with van der Waals surface area (Å²) in [5.74, 6) is 0. The highest BCUT2D eigenvalue weighted by atomic mass is 16.3. The summed E-state index contributed by atoms with van der Waals surface area (Å²) < 4.78 is 0. The normalized spacial score (nSPS) is 11.1. The van der Waals surface area contributed by atoms with Gasteiger partial charge in [-0.15, -0.1) is 0 Å². The Morgan fingerprint density at radius 2 is 1.36 bits per heavy atom. The van der Waals surface area contributed by atoms with E-state index in [1.165, 1.54) is 45.2 Å². The number of hydrogen-bond acceptors (Lipinski definition) is 2. The average molecular weight is 201 g/mol. The first kappa shape index (κ1) is 13.9. The molecule has 0 amide bonds. The third-order valence-corrected chi connectivity index (χ3v) is 2.54. The van der Waals surface area contributed by atoms with Crippen molar-refractivity contribution < 1.29 is 5.11 Å². The van der Waals surface area contributed by atoms with Crippen LogP contribution in [0.1, 0.15) is 52.4 Å². The fourth-order valence-electron chi connectivity index (χ4n) is 1.60. The number of rotatable bonds is 10. The fourth-order valence-corrected chi connectivity index (χ4v) is 1.60. The van der Waals surface area contributed by atoms with Gasteiger partial charge in [-0.3, -0.25) is 0 Å². The molecule has 0 heterocycles. The maximum atomic E-state index is 8.79. The standard InChI is InChI=1S/C12H27NO/c1-3-5-7-10-13(9-6-4-2)11-8-12-14/h14H,3-12H2,1-2H3. The summed E-state index contributed by atoms with van der Waals surface area (Å²) in [5, 5.41) is 8.79. The molecule has 0 bridgehead atoms. The van der Waals surface area contributed by atoms with Crippen molar-refractivity contribution in [3.8, 4) is 0 Å². The molecule has 0 aliphatic heterocycles. The van der Waals surface area contributed by atoms with Gasteiger partial charge in [0.2, 0.25) is 0 Å². The molecule has 0 spiro atoms. The zero-order chi connectivity index (χ0) is 10.6. The van der Waals surface area contributed by atoms with Crippen molar-refractivity contribution in [3.63, 3.8) is 0 Å². The molecule has 86 valence electrons. The van der Waals surface area contributed by atoms with Crippen LogP contribution in [0.5, 0.6) is 0 Å². The number of aliphatic hydroxyl groups excluding tert-OH is 1. The van der Waals surface area contributed by atoms with Crippen molar-refractivity contribution in [2.45, 2.75) is 52.4 Å². The summed E-state index contributed by atoms with van der Waals surface area (Å²) in [6.45, 7) is 8.30. The quantitative estimate of drug-likeness (QED) is 0.549. The molecule has 0 radical (unpaired) electrons. The Bertz CT molecular complexity index is 98.5. The van der Waals surface area contributed by atoms with Gasteiger partial charge in [0.15, 0.2) is 0 Å². The summed E-state index contributed by atoms with van der Waals surface area (Å²) in [6, 6.07) is 0. The summed E-state index contributed by atoms with van der Waals surface area (Å²) in [7, 11) is 0. The molecule has 0 rings (SSSR count). The van der Waals surface area contributed by atoms with Crippen LogP contribution in [0.3, 0.4) is 0 Å². The van der Waals surface area contributed by atoms with Crippen molar-refractivity contribution in [3.05, 3.63) is 0 Å². The van der Waals surface area contributed by atoms with Crippen LogP contribution < -0.4 is 0 Å². The lowest BCUT2D eigenvalue weighted by atomic mass is 10.2. The first-order chi connectivity index (χ1) is 6.85. The number of aliphatic hydroxyl groups is 1. The summed E-state index contributed by atoms with van der Waals surface area (Å²) in [6.07, 6.45) is 7.42. The Morgan fingerprint density at radius 1 is 0.786 bits per heavy atom. The van der Waals surface area contributed by atoms with E-state index in [4.69, 9.17) is 5.11 Å². The predicted octanol–water partition coefficient (Wildman–Crippen LogP) is 2.66. The van der Waals surface area contributed by atoms with E-state index in [1.54, 1.807) is 0 Å². The molecule has 0 unspecified atom stereocenters. The van der Waals surface area contributed by atoms with Gasteiger partial charge in [0, 0.05) is 13.2 Å². The van der Waals surface area contributed by atoms with E-state index in [9.17, 15) is 0 Å². The highest BCUT2D eigenvalue weighted by Gasteiger charge is 2.02. The minimum absolute atomic E-state index is 0.330. The van der Waals surface area contributed by atoms with E-state index in [-0.39, 0.29) is 0 Å². The molecule has 0 aromatic heterocycles. The van der Waals surface area contributed by atoms with Crippen molar-refractivity contribution in [2.24, 2.45) is 0 Å². The third-order valence-electron chi connectivity index (χ3n) is 2.54. The number of hydrogen-bond donors (Lipinski definition) is 1. The maximum Gasteiger partial charge on any atom is 0.0443 e. The van der Waals surface area contributed by atoms with E-state index < -0.39 is 0 Å². The second-order valence-corrected chi connectivity index (χ2v) is 3.98. The van der Waals surface area contributed by atoms with Crippen LogP contribution in [-0.4, -0.2) is 36.2 Å². The van der Waals surface area contributed by atoms with Crippen LogP contribution in [-0.2, 0) is 0 Å². The molecule has 0 aromatic rings. The second-order valence-electron chi connectivity index (χ2n) is 3.98. The molecule has 1 N–H and O–H groups in total. The molecule has 0 saturated heterocycles. The fraction of sp³-hybridized carbons (Fsp3) is 1.00. The number of nitrogens with zero attached hydrogens (tertiary/aromatic N) is 1. The highest BCUT2D eigenvalue weighted by Crippen LogP contribution is 2.01. The molecule has 0 saturated carbocycles. The lowest BCUT2D eigenvalue weighted by Crippen LogP contribution is -2.27. The number of unbranched alkanes of at least 4 members (excludes halogenated alkanes) is 3. The Labute approximate surface area is 89.3 Å². The van der Waals surface area contributed by atoms with Crippen molar-refractivity contribution in [1.29, 1.82) is 0 Å². The van der Waals surface area contributed by atoms with Crippen LogP contribution in [0.2, 0.25) is 0 Å². The van der Waals surface area contributed by atoms with E-state index >= 15 is 0 Å². The summed E-state index contributed by atoms with van der Waals surface area (Å²) >= 11 is 0. The molecule has 0 aromatic carbocycles. The zero-order valence-corrected chi connectivity index (χ0v) is 9.97. The minimum atomic E-state index is 0.330. The van der Waals surface area contributed by atoms with Gasteiger partial charge in [-0.05, 0) is 32.4 Å². The molecule has 14 heavy (non-hydrogen) atoms. The molecule has 0 atom stereocenters. The topological polar surface area (TPSA) is 23.5 Å². The van der Waals surface area contributed by atoms with E-state index in [2.05, 4.69) is 18.7 Å². The molecule has 0 aliphatic carbocycles. The molecule has 0 fully saturated rings.